The number of hydrogen-bond donors (Lipinski definition) is 3. The van der Waals surface area contributed by atoms with Crippen molar-refractivity contribution in [3.05, 3.63) is 60.2 Å². The van der Waals surface area contributed by atoms with Crippen LogP contribution in [0.1, 0.15) is 45.6 Å². The van der Waals surface area contributed by atoms with E-state index >= 15 is 0 Å². The van der Waals surface area contributed by atoms with Crippen LogP contribution in [-0.4, -0.2) is 22.1 Å². The van der Waals surface area contributed by atoms with E-state index in [-0.39, 0.29) is 29.4 Å². The highest BCUT2D eigenvalue weighted by atomic mass is 16.4. The monoisotopic (exact) mass is 397 g/mol. The number of phenols is 1. The molecule has 1 amide bonds. The van der Waals surface area contributed by atoms with Crippen LogP contribution in [0, 0.1) is 23.7 Å². The quantitative estimate of drug-likeness (QED) is 0.512. The number of hydrogen-bond acceptors (Lipinski definition) is 3. The van der Waals surface area contributed by atoms with E-state index in [1.54, 1.807) is 12.1 Å². The molecule has 0 radical (unpaired) electrons. The number of anilines is 1. The Morgan fingerprint density at radius 1 is 0.897 bits per heavy atom. The second-order valence-corrected chi connectivity index (χ2v) is 8.25. The molecule has 156 valence electrons. The molecule has 0 bridgehead atoms. The third kappa shape index (κ3) is 6.08. The number of nitrogens with one attached hydrogen (secondary N) is 1. The minimum Gasteiger partial charge on any atom is -0.508 e. The second kappa shape index (κ2) is 10.1. The Hall–Kier alpha value is -2.82. The van der Waals surface area contributed by atoms with Crippen LogP contribution in [0.4, 0.5) is 5.69 Å². The zero-order valence-corrected chi connectivity index (χ0v) is 17.5. The SMILES string of the molecule is CC(C)C(CC(C(=O)Nc1ccc(O)cc1)C(C(=O)O)C(C)C)c1ccccc1. The van der Waals surface area contributed by atoms with Crippen molar-refractivity contribution in [1.29, 1.82) is 0 Å². The first-order valence-electron chi connectivity index (χ1n) is 10.1. The molecule has 0 heterocycles. The van der Waals surface area contributed by atoms with E-state index < -0.39 is 17.8 Å². The molecule has 0 aliphatic carbocycles. The Morgan fingerprint density at radius 3 is 1.97 bits per heavy atom. The van der Waals surface area contributed by atoms with Gasteiger partial charge in [0, 0.05) is 5.69 Å². The smallest absolute Gasteiger partial charge is 0.307 e. The minimum atomic E-state index is -0.957. The van der Waals surface area contributed by atoms with Crippen LogP contribution in [-0.2, 0) is 9.59 Å². The molecule has 5 heteroatoms. The van der Waals surface area contributed by atoms with E-state index in [2.05, 4.69) is 19.2 Å². The lowest BCUT2D eigenvalue weighted by molar-refractivity contribution is -0.148. The zero-order chi connectivity index (χ0) is 21.6. The molecule has 0 aliphatic heterocycles. The number of rotatable bonds is 9. The lowest BCUT2D eigenvalue weighted by atomic mass is 9.73. The molecule has 0 saturated heterocycles. The van der Waals surface area contributed by atoms with E-state index in [1.165, 1.54) is 12.1 Å². The average molecular weight is 398 g/mol. The number of carbonyl (C=O) groups is 2. The van der Waals surface area contributed by atoms with Gasteiger partial charge >= 0.3 is 5.97 Å². The molecule has 29 heavy (non-hydrogen) atoms. The zero-order valence-electron chi connectivity index (χ0n) is 17.5. The van der Waals surface area contributed by atoms with Gasteiger partial charge in [0.15, 0.2) is 0 Å². The predicted octanol–water partition coefficient (Wildman–Crippen LogP) is 5.13. The summed E-state index contributed by atoms with van der Waals surface area (Å²) < 4.78 is 0. The first kappa shape index (κ1) is 22.5. The van der Waals surface area contributed by atoms with Gasteiger partial charge in [-0.1, -0.05) is 58.0 Å². The topological polar surface area (TPSA) is 86.6 Å². The number of phenolic OH excluding ortho intramolecular Hbond substituents is 1. The van der Waals surface area contributed by atoms with Crippen molar-refractivity contribution in [3.8, 4) is 5.75 Å². The van der Waals surface area contributed by atoms with Gasteiger partial charge in [0.25, 0.3) is 0 Å². The van der Waals surface area contributed by atoms with Crippen molar-refractivity contribution < 1.29 is 19.8 Å². The van der Waals surface area contributed by atoms with Gasteiger partial charge in [0.05, 0.1) is 11.8 Å². The molecule has 0 fully saturated rings. The molecule has 0 aromatic heterocycles. The molecule has 0 aliphatic rings. The summed E-state index contributed by atoms with van der Waals surface area (Å²) in [7, 11) is 0. The fourth-order valence-corrected chi connectivity index (χ4v) is 3.89. The highest BCUT2D eigenvalue weighted by molar-refractivity contribution is 5.95. The first-order valence-corrected chi connectivity index (χ1v) is 10.1. The molecule has 5 nitrogen and oxygen atoms in total. The van der Waals surface area contributed by atoms with Crippen LogP contribution in [0.15, 0.2) is 54.6 Å². The highest BCUT2D eigenvalue weighted by Crippen LogP contribution is 2.36. The Bertz CT molecular complexity index is 799. The molecule has 0 saturated carbocycles. The fraction of sp³-hybridized carbons (Fsp3) is 0.417. The number of amides is 1. The van der Waals surface area contributed by atoms with Gasteiger partial charge in [-0.15, -0.1) is 0 Å². The summed E-state index contributed by atoms with van der Waals surface area (Å²) in [4.78, 5) is 25.3. The lowest BCUT2D eigenvalue weighted by Gasteiger charge is -2.31. The summed E-state index contributed by atoms with van der Waals surface area (Å²) in [5.74, 6) is -2.51. The van der Waals surface area contributed by atoms with Crippen LogP contribution >= 0.6 is 0 Å². The standard InChI is InChI=1S/C24H31NO4/c1-15(2)20(17-8-6-5-7-9-17)14-21(22(16(3)4)24(28)29)23(27)25-18-10-12-19(26)13-11-18/h5-13,15-16,20-22,26H,14H2,1-4H3,(H,25,27)(H,28,29). The average Bonchev–Trinajstić information content (AvgIpc) is 2.66. The third-order valence-electron chi connectivity index (χ3n) is 5.45. The van der Waals surface area contributed by atoms with Gasteiger partial charge in [-0.25, -0.2) is 0 Å². The summed E-state index contributed by atoms with van der Waals surface area (Å²) >= 11 is 0. The normalized spacial score (nSPS) is 14.4. The highest BCUT2D eigenvalue weighted by Gasteiger charge is 2.38. The molecule has 0 spiro atoms. The maximum absolute atomic E-state index is 13.2. The van der Waals surface area contributed by atoms with Crippen molar-refractivity contribution in [2.75, 3.05) is 5.32 Å². The van der Waals surface area contributed by atoms with Gasteiger partial charge in [-0.3, -0.25) is 9.59 Å². The van der Waals surface area contributed by atoms with Crippen molar-refractivity contribution in [2.24, 2.45) is 23.7 Å². The third-order valence-corrected chi connectivity index (χ3v) is 5.45. The van der Waals surface area contributed by atoms with Crippen LogP contribution < -0.4 is 5.32 Å². The van der Waals surface area contributed by atoms with E-state index in [9.17, 15) is 19.8 Å². The van der Waals surface area contributed by atoms with E-state index in [0.717, 1.165) is 5.56 Å². The molecule has 3 atom stereocenters. The first-order chi connectivity index (χ1) is 13.7. The molecule has 3 N–H and O–H groups in total. The summed E-state index contributed by atoms with van der Waals surface area (Å²) in [6.45, 7) is 7.87. The van der Waals surface area contributed by atoms with Crippen LogP contribution in [0.25, 0.3) is 0 Å². The Kier molecular flexibility index (Phi) is 7.82. The van der Waals surface area contributed by atoms with Crippen LogP contribution in [0.3, 0.4) is 0 Å². The van der Waals surface area contributed by atoms with Crippen LogP contribution in [0.2, 0.25) is 0 Å². The number of carbonyl (C=O) groups excluding carboxylic acids is 1. The molecule has 3 unspecified atom stereocenters. The summed E-state index contributed by atoms with van der Waals surface area (Å²) in [5, 5.41) is 22.2. The molecular formula is C24H31NO4. The second-order valence-electron chi connectivity index (χ2n) is 8.25. The summed E-state index contributed by atoms with van der Waals surface area (Å²) in [5.41, 5.74) is 1.64. The van der Waals surface area contributed by atoms with Gasteiger partial charge in [-0.2, -0.15) is 0 Å². The maximum atomic E-state index is 13.2. The fourth-order valence-electron chi connectivity index (χ4n) is 3.89. The number of carboxylic acid groups (broad SMARTS) is 1. The minimum absolute atomic E-state index is 0.0624. The van der Waals surface area contributed by atoms with Crippen molar-refractivity contribution in [3.63, 3.8) is 0 Å². The van der Waals surface area contributed by atoms with Gasteiger partial charge in [0.1, 0.15) is 5.75 Å². The Morgan fingerprint density at radius 2 is 1.48 bits per heavy atom. The number of aliphatic carboxylic acids is 1. The maximum Gasteiger partial charge on any atom is 0.307 e. The lowest BCUT2D eigenvalue weighted by Crippen LogP contribution is -2.38. The molecular weight excluding hydrogens is 366 g/mol. The molecule has 2 rings (SSSR count). The number of aromatic hydroxyl groups is 1. The van der Waals surface area contributed by atoms with E-state index in [1.807, 2.05) is 44.2 Å². The molecule has 2 aromatic rings. The number of benzene rings is 2. The summed E-state index contributed by atoms with van der Waals surface area (Å²) in [6, 6.07) is 16.1. The summed E-state index contributed by atoms with van der Waals surface area (Å²) in [6.07, 6.45) is 0.445. The van der Waals surface area contributed by atoms with Gasteiger partial charge < -0.3 is 15.5 Å². The van der Waals surface area contributed by atoms with Crippen molar-refractivity contribution in [2.45, 2.75) is 40.0 Å². The van der Waals surface area contributed by atoms with Crippen molar-refractivity contribution in [1.82, 2.24) is 0 Å². The predicted molar refractivity (Wildman–Crippen MR) is 115 cm³/mol. The number of carboxylic acids is 1. The Balaban J connectivity index is 2.36. The Labute approximate surface area is 172 Å². The van der Waals surface area contributed by atoms with Gasteiger partial charge in [0.2, 0.25) is 5.91 Å². The molecule has 2 aromatic carbocycles. The van der Waals surface area contributed by atoms with E-state index in [4.69, 9.17) is 0 Å². The largest absolute Gasteiger partial charge is 0.508 e. The van der Waals surface area contributed by atoms with Crippen LogP contribution in [0.5, 0.6) is 5.75 Å². The van der Waals surface area contributed by atoms with Crippen molar-refractivity contribution >= 4 is 17.6 Å². The van der Waals surface area contributed by atoms with Gasteiger partial charge in [-0.05, 0) is 54.0 Å². The van der Waals surface area contributed by atoms with E-state index in [0.29, 0.717) is 12.1 Å².